The summed E-state index contributed by atoms with van der Waals surface area (Å²) < 4.78 is 18.7. The van der Waals surface area contributed by atoms with Crippen LogP contribution in [0.15, 0.2) is 18.2 Å². The van der Waals surface area contributed by atoms with E-state index in [1.807, 2.05) is 6.92 Å². The predicted octanol–water partition coefficient (Wildman–Crippen LogP) is 2.93. The second kappa shape index (κ2) is 5.30. The molecule has 1 aromatic rings. The fourth-order valence-electron chi connectivity index (χ4n) is 1.89. The van der Waals surface area contributed by atoms with Crippen molar-refractivity contribution >= 4 is 0 Å². The first kappa shape index (κ1) is 13.0. The molecule has 3 heteroatoms. The summed E-state index contributed by atoms with van der Waals surface area (Å²) in [7, 11) is 1.44. The summed E-state index contributed by atoms with van der Waals surface area (Å²) in [5.74, 6) is -0.147. The lowest BCUT2D eigenvalue weighted by Gasteiger charge is -2.23. The summed E-state index contributed by atoms with van der Waals surface area (Å²) in [4.78, 5) is 0. The first-order valence-electron chi connectivity index (χ1n) is 5.54. The van der Waals surface area contributed by atoms with Crippen molar-refractivity contribution < 1.29 is 14.2 Å². The molecule has 0 bridgehead atoms. The van der Waals surface area contributed by atoms with Crippen LogP contribution in [0.3, 0.4) is 0 Å². The number of hydrogen-bond donors (Lipinski definition) is 1. The van der Waals surface area contributed by atoms with E-state index in [1.54, 1.807) is 25.1 Å². The molecule has 90 valence electrons. The molecule has 1 N–H and O–H groups in total. The van der Waals surface area contributed by atoms with Crippen LogP contribution in [0.4, 0.5) is 4.39 Å². The molecule has 0 radical (unpaired) electrons. The van der Waals surface area contributed by atoms with Crippen molar-refractivity contribution in [3.05, 3.63) is 29.6 Å². The van der Waals surface area contributed by atoms with Gasteiger partial charge in [-0.1, -0.05) is 25.5 Å². The molecule has 0 saturated carbocycles. The van der Waals surface area contributed by atoms with Crippen molar-refractivity contribution in [2.24, 2.45) is 0 Å². The summed E-state index contributed by atoms with van der Waals surface area (Å²) in [5, 5.41) is 10.0. The average Bonchev–Trinajstić information content (AvgIpc) is 2.21. The van der Waals surface area contributed by atoms with Gasteiger partial charge in [0.15, 0.2) is 11.6 Å². The maximum Gasteiger partial charge on any atom is 0.168 e. The number of halogens is 1. The highest BCUT2D eigenvalue weighted by Gasteiger charge is 2.22. The molecule has 1 atom stereocenters. The third-order valence-corrected chi connectivity index (χ3v) is 2.62. The summed E-state index contributed by atoms with van der Waals surface area (Å²) in [5.41, 5.74) is -0.361. The molecule has 0 heterocycles. The van der Waals surface area contributed by atoms with Gasteiger partial charge in [-0.3, -0.25) is 0 Å². The van der Waals surface area contributed by atoms with E-state index in [9.17, 15) is 9.50 Å². The van der Waals surface area contributed by atoms with Crippen LogP contribution in [0.2, 0.25) is 0 Å². The molecule has 0 aliphatic rings. The van der Waals surface area contributed by atoms with E-state index in [4.69, 9.17) is 4.74 Å². The lowest BCUT2D eigenvalue weighted by atomic mass is 9.92. The fourth-order valence-corrected chi connectivity index (χ4v) is 1.89. The monoisotopic (exact) mass is 226 g/mol. The standard InChI is InChI=1S/C13H19FO2/c1-4-8-13(2,15)9-10-6-5-7-11(16-3)12(10)14/h5-7,15H,4,8-9H2,1-3H3. The highest BCUT2D eigenvalue weighted by molar-refractivity contribution is 5.31. The molecule has 0 aromatic heterocycles. The Morgan fingerprint density at radius 3 is 2.69 bits per heavy atom. The van der Waals surface area contributed by atoms with Gasteiger partial charge in [0.2, 0.25) is 0 Å². The second-order valence-corrected chi connectivity index (χ2v) is 4.36. The van der Waals surface area contributed by atoms with Gasteiger partial charge in [0.05, 0.1) is 12.7 Å². The van der Waals surface area contributed by atoms with Crippen LogP contribution < -0.4 is 4.74 Å². The molecule has 1 unspecified atom stereocenters. The number of hydrogen-bond acceptors (Lipinski definition) is 2. The van der Waals surface area contributed by atoms with Gasteiger partial charge in [0, 0.05) is 6.42 Å². The Morgan fingerprint density at radius 1 is 1.44 bits per heavy atom. The Balaban J connectivity index is 2.89. The largest absolute Gasteiger partial charge is 0.494 e. The number of aliphatic hydroxyl groups is 1. The van der Waals surface area contributed by atoms with Crippen molar-refractivity contribution in [2.75, 3.05) is 7.11 Å². The van der Waals surface area contributed by atoms with Crippen LogP contribution in [-0.4, -0.2) is 17.8 Å². The lowest BCUT2D eigenvalue weighted by Crippen LogP contribution is -2.27. The average molecular weight is 226 g/mol. The van der Waals surface area contributed by atoms with Gasteiger partial charge in [-0.05, 0) is 25.0 Å². The zero-order valence-corrected chi connectivity index (χ0v) is 10.1. The molecule has 0 spiro atoms. The second-order valence-electron chi connectivity index (χ2n) is 4.36. The molecule has 1 rings (SSSR count). The predicted molar refractivity (Wildman–Crippen MR) is 62.2 cm³/mol. The van der Waals surface area contributed by atoms with Gasteiger partial charge >= 0.3 is 0 Å². The molecule has 0 fully saturated rings. The van der Waals surface area contributed by atoms with Crippen molar-refractivity contribution in [2.45, 2.75) is 38.7 Å². The smallest absolute Gasteiger partial charge is 0.168 e. The maximum atomic E-state index is 13.8. The Bertz CT molecular complexity index is 348. The zero-order chi connectivity index (χ0) is 12.2. The summed E-state index contributed by atoms with van der Waals surface area (Å²) >= 11 is 0. The van der Waals surface area contributed by atoms with Crippen LogP contribution in [0.1, 0.15) is 32.3 Å². The Hall–Kier alpha value is -1.09. The van der Waals surface area contributed by atoms with Crippen molar-refractivity contribution in [3.8, 4) is 5.75 Å². The molecule has 2 nitrogen and oxygen atoms in total. The first-order chi connectivity index (χ1) is 7.50. The minimum atomic E-state index is -0.859. The van der Waals surface area contributed by atoms with E-state index < -0.39 is 5.60 Å². The molecular weight excluding hydrogens is 207 g/mol. The quantitative estimate of drug-likeness (QED) is 0.836. The molecule has 0 saturated heterocycles. The number of rotatable bonds is 5. The number of benzene rings is 1. The third kappa shape index (κ3) is 3.20. The topological polar surface area (TPSA) is 29.5 Å². The van der Waals surface area contributed by atoms with E-state index in [-0.39, 0.29) is 11.6 Å². The van der Waals surface area contributed by atoms with E-state index >= 15 is 0 Å². The Kier molecular flexibility index (Phi) is 4.30. The van der Waals surface area contributed by atoms with Gasteiger partial charge in [0.25, 0.3) is 0 Å². The molecule has 16 heavy (non-hydrogen) atoms. The highest BCUT2D eigenvalue weighted by atomic mass is 19.1. The van der Waals surface area contributed by atoms with Gasteiger partial charge in [-0.15, -0.1) is 0 Å². The van der Waals surface area contributed by atoms with E-state index in [1.165, 1.54) is 7.11 Å². The minimum Gasteiger partial charge on any atom is -0.494 e. The minimum absolute atomic E-state index is 0.227. The van der Waals surface area contributed by atoms with Crippen LogP contribution in [0.5, 0.6) is 5.75 Å². The molecule has 0 aliphatic heterocycles. The van der Waals surface area contributed by atoms with Crippen LogP contribution in [0, 0.1) is 5.82 Å². The molecular formula is C13H19FO2. The van der Waals surface area contributed by atoms with Gasteiger partial charge in [-0.2, -0.15) is 0 Å². The Morgan fingerprint density at radius 2 is 2.12 bits per heavy atom. The van der Waals surface area contributed by atoms with Crippen molar-refractivity contribution in [3.63, 3.8) is 0 Å². The lowest BCUT2D eigenvalue weighted by molar-refractivity contribution is 0.0496. The molecule has 0 aliphatic carbocycles. The van der Waals surface area contributed by atoms with Crippen LogP contribution in [-0.2, 0) is 6.42 Å². The molecule has 0 amide bonds. The van der Waals surface area contributed by atoms with Gasteiger partial charge < -0.3 is 9.84 Å². The summed E-state index contributed by atoms with van der Waals surface area (Å²) in [6.07, 6.45) is 1.84. The number of methoxy groups -OCH3 is 1. The zero-order valence-electron chi connectivity index (χ0n) is 10.1. The Labute approximate surface area is 96.1 Å². The van der Waals surface area contributed by atoms with E-state index in [2.05, 4.69) is 0 Å². The van der Waals surface area contributed by atoms with Crippen molar-refractivity contribution in [1.29, 1.82) is 0 Å². The third-order valence-electron chi connectivity index (χ3n) is 2.62. The maximum absolute atomic E-state index is 13.8. The van der Waals surface area contributed by atoms with Crippen LogP contribution in [0.25, 0.3) is 0 Å². The SMILES string of the molecule is CCCC(C)(O)Cc1cccc(OC)c1F. The van der Waals surface area contributed by atoms with Gasteiger partial charge in [0.1, 0.15) is 0 Å². The van der Waals surface area contributed by atoms with Crippen LogP contribution >= 0.6 is 0 Å². The van der Waals surface area contributed by atoms with E-state index in [0.29, 0.717) is 18.4 Å². The summed E-state index contributed by atoms with van der Waals surface area (Å²) in [6, 6.07) is 4.99. The normalized spacial score (nSPS) is 14.6. The molecule has 1 aromatic carbocycles. The van der Waals surface area contributed by atoms with Crippen molar-refractivity contribution in [1.82, 2.24) is 0 Å². The number of ether oxygens (including phenoxy) is 1. The fraction of sp³-hybridized carbons (Fsp3) is 0.538. The van der Waals surface area contributed by atoms with Gasteiger partial charge in [-0.25, -0.2) is 4.39 Å². The summed E-state index contributed by atoms with van der Waals surface area (Å²) in [6.45, 7) is 3.73. The van der Waals surface area contributed by atoms with E-state index in [0.717, 1.165) is 6.42 Å². The first-order valence-corrected chi connectivity index (χ1v) is 5.54. The highest BCUT2D eigenvalue weighted by Crippen LogP contribution is 2.25.